The molecule has 5 heteroatoms. The average molecular weight is 388 g/mol. The van der Waals surface area contributed by atoms with Gasteiger partial charge in [0, 0.05) is 33.2 Å². The summed E-state index contributed by atoms with van der Waals surface area (Å²) in [4.78, 5) is 10.8. The lowest BCUT2D eigenvalue weighted by Crippen LogP contribution is -1.93. The van der Waals surface area contributed by atoms with Crippen LogP contribution in [0.5, 0.6) is 5.75 Å². The van der Waals surface area contributed by atoms with Crippen LogP contribution in [0.1, 0.15) is 18.5 Å². The number of fused-ring (bicyclic) bond motifs is 1. The molecule has 2 aromatic carbocycles. The van der Waals surface area contributed by atoms with E-state index in [9.17, 15) is 0 Å². The first-order chi connectivity index (χ1) is 13.7. The molecule has 0 saturated heterocycles. The highest BCUT2D eigenvalue weighted by atomic mass is 32.2. The molecule has 2 heterocycles. The minimum Gasteiger partial charge on any atom is -0.497 e. The van der Waals surface area contributed by atoms with Gasteiger partial charge in [-0.25, -0.2) is 9.97 Å². The van der Waals surface area contributed by atoms with Crippen LogP contribution in [0.4, 0.5) is 0 Å². The van der Waals surface area contributed by atoms with Crippen molar-refractivity contribution in [2.75, 3.05) is 7.11 Å². The molecule has 2 aromatic heterocycles. The summed E-state index contributed by atoms with van der Waals surface area (Å²) in [6, 6.07) is 18.9. The lowest BCUT2D eigenvalue weighted by Gasteiger charge is -2.08. The third-order valence-corrected chi connectivity index (χ3v) is 6.30. The van der Waals surface area contributed by atoms with E-state index in [1.165, 1.54) is 17.7 Å². The molecule has 0 atom stereocenters. The van der Waals surface area contributed by atoms with E-state index < -0.39 is 0 Å². The maximum absolute atomic E-state index is 5.30. The quantitative estimate of drug-likeness (QED) is 0.445. The second-order valence-electron chi connectivity index (χ2n) is 7.12. The van der Waals surface area contributed by atoms with E-state index in [-0.39, 0.29) is 0 Å². The van der Waals surface area contributed by atoms with Crippen LogP contribution >= 0.6 is 11.8 Å². The molecule has 0 radical (unpaired) electrons. The zero-order valence-electron chi connectivity index (χ0n) is 15.9. The SMILES string of the molecule is COc1ccc(-c2nc3nc(C)ccn3c2-c2ccc(SC3CC3)cc2)cc1. The Balaban J connectivity index is 1.64. The van der Waals surface area contributed by atoms with Gasteiger partial charge < -0.3 is 4.74 Å². The predicted molar refractivity (Wildman–Crippen MR) is 114 cm³/mol. The molecule has 1 saturated carbocycles. The number of aryl methyl sites for hydroxylation is 1. The van der Waals surface area contributed by atoms with Crippen molar-refractivity contribution in [1.29, 1.82) is 0 Å². The predicted octanol–water partition coefficient (Wildman–Crippen LogP) is 5.63. The summed E-state index contributed by atoms with van der Waals surface area (Å²) in [5.41, 5.74) is 5.15. The van der Waals surface area contributed by atoms with Gasteiger partial charge in [0.1, 0.15) is 5.75 Å². The van der Waals surface area contributed by atoms with Gasteiger partial charge in [-0.3, -0.25) is 4.40 Å². The number of benzene rings is 2. The van der Waals surface area contributed by atoms with Crippen molar-refractivity contribution in [3.05, 3.63) is 66.5 Å². The van der Waals surface area contributed by atoms with Gasteiger partial charge in [0.25, 0.3) is 0 Å². The van der Waals surface area contributed by atoms with E-state index in [2.05, 4.69) is 39.8 Å². The third-order valence-electron chi connectivity index (χ3n) is 4.95. The summed E-state index contributed by atoms with van der Waals surface area (Å²) < 4.78 is 7.38. The van der Waals surface area contributed by atoms with Crippen molar-refractivity contribution in [2.45, 2.75) is 29.9 Å². The van der Waals surface area contributed by atoms with E-state index in [1.54, 1.807) is 7.11 Å². The summed E-state index contributed by atoms with van der Waals surface area (Å²) in [6.07, 6.45) is 4.73. The van der Waals surface area contributed by atoms with Crippen LogP contribution < -0.4 is 4.74 Å². The summed E-state index contributed by atoms with van der Waals surface area (Å²) >= 11 is 1.98. The largest absolute Gasteiger partial charge is 0.497 e. The topological polar surface area (TPSA) is 39.4 Å². The minimum atomic E-state index is 0.720. The molecule has 4 nitrogen and oxygen atoms in total. The minimum absolute atomic E-state index is 0.720. The second-order valence-corrected chi connectivity index (χ2v) is 8.49. The summed E-state index contributed by atoms with van der Waals surface area (Å²) in [6.45, 7) is 1.99. The Morgan fingerprint density at radius 2 is 1.64 bits per heavy atom. The van der Waals surface area contributed by atoms with Gasteiger partial charge in [0.05, 0.1) is 18.5 Å². The standard InChI is InChI=1S/C23H21N3OS/c1-15-13-14-26-22(17-5-9-19(10-6-17)28-20-11-12-20)21(25-23(26)24-15)16-3-7-18(27-2)8-4-16/h3-10,13-14,20H,11-12H2,1-2H3. The molecule has 5 rings (SSSR count). The average Bonchev–Trinajstić information content (AvgIpc) is 3.46. The Morgan fingerprint density at radius 1 is 0.929 bits per heavy atom. The van der Waals surface area contributed by atoms with Gasteiger partial charge in [0.15, 0.2) is 0 Å². The monoisotopic (exact) mass is 387 g/mol. The van der Waals surface area contributed by atoms with Crippen molar-refractivity contribution in [3.63, 3.8) is 0 Å². The number of nitrogens with zero attached hydrogens (tertiary/aromatic N) is 3. The molecular weight excluding hydrogens is 366 g/mol. The van der Waals surface area contributed by atoms with E-state index in [0.717, 1.165) is 45.0 Å². The lowest BCUT2D eigenvalue weighted by molar-refractivity contribution is 0.415. The Bertz CT molecular complexity index is 1130. The van der Waals surface area contributed by atoms with E-state index >= 15 is 0 Å². The van der Waals surface area contributed by atoms with Crippen molar-refractivity contribution < 1.29 is 4.74 Å². The first kappa shape index (κ1) is 17.3. The highest BCUT2D eigenvalue weighted by molar-refractivity contribution is 8.00. The van der Waals surface area contributed by atoms with Crippen molar-refractivity contribution in [2.24, 2.45) is 0 Å². The van der Waals surface area contributed by atoms with E-state index in [1.807, 2.05) is 49.0 Å². The van der Waals surface area contributed by atoms with E-state index in [4.69, 9.17) is 9.72 Å². The number of ether oxygens (including phenoxy) is 1. The van der Waals surface area contributed by atoms with Crippen molar-refractivity contribution in [1.82, 2.24) is 14.4 Å². The van der Waals surface area contributed by atoms with Crippen LogP contribution in [0.15, 0.2) is 65.7 Å². The first-order valence-corrected chi connectivity index (χ1v) is 10.4. The molecule has 0 bridgehead atoms. The number of methoxy groups -OCH3 is 1. The maximum Gasteiger partial charge on any atom is 0.235 e. The normalized spacial score (nSPS) is 13.8. The van der Waals surface area contributed by atoms with Crippen LogP contribution in [0.25, 0.3) is 28.3 Å². The van der Waals surface area contributed by atoms with E-state index in [0.29, 0.717) is 0 Å². The highest BCUT2D eigenvalue weighted by Gasteiger charge is 2.22. The zero-order valence-corrected chi connectivity index (χ0v) is 16.7. The fraction of sp³-hybridized carbons (Fsp3) is 0.217. The van der Waals surface area contributed by atoms with Crippen LogP contribution in [-0.4, -0.2) is 26.7 Å². The Labute approximate surface area is 168 Å². The van der Waals surface area contributed by atoms with Gasteiger partial charge in [0.2, 0.25) is 5.78 Å². The van der Waals surface area contributed by atoms with Crippen LogP contribution in [0.3, 0.4) is 0 Å². The Hall–Kier alpha value is -2.79. The molecule has 0 spiro atoms. The molecule has 140 valence electrons. The molecule has 0 N–H and O–H groups in total. The molecule has 28 heavy (non-hydrogen) atoms. The summed E-state index contributed by atoms with van der Waals surface area (Å²) in [5.74, 6) is 1.56. The molecule has 4 aromatic rings. The lowest BCUT2D eigenvalue weighted by atomic mass is 10.0. The second kappa shape index (κ2) is 6.99. The smallest absolute Gasteiger partial charge is 0.235 e. The van der Waals surface area contributed by atoms with Crippen LogP contribution in [-0.2, 0) is 0 Å². The maximum atomic E-state index is 5.30. The number of thioether (sulfide) groups is 1. The van der Waals surface area contributed by atoms with Crippen molar-refractivity contribution >= 4 is 17.5 Å². The molecule has 0 unspecified atom stereocenters. The number of hydrogen-bond donors (Lipinski definition) is 0. The molecule has 1 aliphatic carbocycles. The zero-order chi connectivity index (χ0) is 19.1. The highest BCUT2D eigenvalue weighted by Crippen LogP contribution is 2.40. The number of imidazole rings is 1. The summed E-state index contributed by atoms with van der Waals surface area (Å²) in [7, 11) is 1.68. The van der Waals surface area contributed by atoms with Gasteiger partial charge in [-0.15, -0.1) is 11.8 Å². The van der Waals surface area contributed by atoms with Gasteiger partial charge >= 0.3 is 0 Å². The number of hydrogen-bond acceptors (Lipinski definition) is 4. The Morgan fingerprint density at radius 3 is 2.32 bits per heavy atom. The van der Waals surface area contributed by atoms with Crippen LogP contribution in [0, 0.1) is 6.92 Å². The molecule has 0 amide bonds. The summed E-state index contributed by atoms with van der Waals surface area (Å²) in [5, 5.41) is 0.809. The third kappa shape index (κ3) is 3.27. The number of aromatic nitrogens is 3. The molecule has 1 fully saturated rings. The molecule has 1 aliphatic rings. The first-order valence-electron chi connectivity index (χ1n) is 9.48. The molecule has 0 aliphatic heterocycles. The number of rotatable bonds is 5. The fourth-order valence-corrected chi connectivity index (χ4v) is 4.36. The Kier molecular flexibility index (Phi) is 4.32. The fourth-order valence-electron chi connectivity index (χ4n) is 3.31. The van der Waals surface area contributed by atoms with Crippen LogP contribution in [0.2, 0.25) is 0 Å². The van der Waals surface area contributed by atoms with Gasteiger partial charge in [-0.05, 0) is 62.2 Å². The molecular formula is C23H21N3OS. The van der Waals surface area contributed by atoms with Crippen molar-refractivity contribution in [3.8, 4) is 28.3 Å². The van der Waals surface area contributed by atoms with Gasteiger partial charge in [-0.1, -0.05) is 12.1 Å². The van der Waals surface area contributed by atoms with Gasteiger partial charge in [-0.2, -0.15) is 0 Å².